The van der Waals surface area contributed by atoms with Crippen molar-refractivity contribution in [3.05, 3.63) is 82.1 Å². The molecule has 3 radical (unpaired) electrons. The van der Waals surface area contributed by atoms with E-state index in [-0.39, 0.29) is 5.69 Å². The van der Waals surface area contributed by atoms with Crippen molar-refractivity contribution in [3.63, 3.8) is 0 Å². The lowest BCUT2D eigenvalue weighted by Gasteiger charge is -2.19. The van der Waals surface area contributed by atoms with Gasteiger partial charge in [0.05, 0.1) is 22.1 Å². The molecular formula is C22H17N2O2S. The second-order valence-corrected chi connectivity index (χ2v) is 6.46. The number of nitrogens with zero attached hydrogens (tertiary/aromatic N) is 1. The Morgan fingerprint density at radius 1 is 1.30 bits per heavy atom. The number of hydrogen-bond donors (Lipinski definition) is 2. The van der Waals surface area contributed by atoms with Crippen LogP contribution in [0.25, 0.3) is 16.7 Å². The molecule has 0 unspecified atom stereocenters. The Bertz CT molecular complexity index is 1020. The summed E-state index contributed by atoms with van der Waals surface area (Å²) >= 11 is 4.37. The Morgan fingerprint density at radius 2 is 2.04 bits per heavy atom. The third-order valence-electron chi connectivity index (χ3n) is 4.45. The van der Waals surface area contributed by atoms with E-state index in [9.17, 15) is 10.1 Å². The molecule has 27 heavy (non-hydrogen) atoms. The van der Waals surface area contributed by atoms with Crippen LogP contribution < -0.4 is 5.73 Å². The molecule has 1 aliphatic rings. The van der Waals surface area contributed by atoms with Gasteiger partial charge in [-0.2, -0.15) is 0 Å². The zero-order valence-electron chi connectivity index (χ0n) is 14.7. The van der Waals surface area contributed by atoms with E-state index in [1.54, 1.807) is 18.2 Å². The van der Waals surface area contributed by atoms with Gasteiger partial charge in [0.2, 0.25) is 0 Å². The fraction of sp³-hybridized carbons (Fsp3) is 0.0909. The minimum Gasteiger partial charge on any atom is -0.397 e. The highest BCUT2D eigenvalue weighted by Crippen LogP contribution is 2.45. The maximum atomic E-state index is 11.8. The number of thiol groups is 1. The molecule has 0 atom stereocenters. The Hall–Kier alpha value is -2.97. The van der Waals surface area contributed by atoms with Crippen molar-refractivity contribution < 1.29 is 4.92 Å². The Balaban J connectivity index is 2.36. The Morgan fingerprint density at radius 3 is 2.63 bits per heavy atom. The van der Waals surface area contributed by atoms with Crippen molar-refractivity contribution >= 4 is 29.6 Å². The van der Waals surface area contributed by atoms with Crippen LogP contribution in [0.1, 0.15) is 18.1 Å². The van der Waals surface area contributed by atoms with Gasteiger partial charge in [-0.1, -0.05) is 55.3 Å². The molecule has 2 N–H and O–H groups in total. The second-order valence-electron chi connectivity index (χ2n) is 5.98. The van der Waals surface area contributed by atoms with Crippen molar-refractivity contribution in [3.8, 4) is 23.5 Å². The summed E-state index contributed by atoms with van der Waals surface area (Å²) < 4.78 is 0. The van der Waals surface area contributed by atoms with E-state index in [4.69, 9.17) is 12.2 Å². The van der Waals surface area contributed by atoms with Crippen LogP contribution in [-0.4, -0.2) is 4.92 Å². The van der Waals surface area contributed by atoms with E-state index < -0.39 is 4.92 Å². The molecule has 3 rings (SSSR count). The van der Waals surface area contributed by atoms with Crippen LogP contribution in [0.15, 0.2) is 53.5 Å². The highest BCUT2D eigenvalue weighted by atomic mass is 32.1. The average molecular weight is 373 g/mol. The van der Waals surface area contributed by atoms with Gasteiger partial charge in [0.25, 0.3) is 5.69 Å². The number of hydrogen-bond acceptors (Lipinski definition) is 4. The van der Waals surface area contributed by atoms with Gasteiger partial charge in [0.1, 0.15) is 0 Å². The molecule has 0 saturated carbocycles. The standard InChI is InChI=1S/C22H17N2O2S/c1-3-14-9-11-16(12-10-14)20-18(24(25)26)13-19(27)22(23)21(20)17-8-6-5-7-15(17)4-2/h1,5-9,11-13,27H,4,23H2,2H3. The summed E-state index contributed by atoms with van der Waals surface area (Å²) in [6, 6.07) is 9.13. The van der Waals surface area contributed by atoms with Crippen molar-refractivity contribution in [1.29, 1.82) is 0 Å². The fourth-order valence-corrected chi connectivity index (χ4v) is 3.36. The molecular weight excluding hydrogens is 356 g/mol. The first kappa shape index (κ1) is 18.8. The average Bonchev–Trinajstić information content (AvgIpc) is 2.69. The van der Waals surface area contributed by atoms with E-state index in [1.165, 1.54) is 6.07 Å². The normalized spacial score (nSPS) is 13.9. The molecule has 4 nitrogen and oxygen atoms in total. The van der Waals surface area contributed by atoms with Gasteiger partial charge in [0.15, 0.2) is 0 Å². The molecule has 133 valence electrons. The van der Waals surface area contributed by atoms with E-state index in [0.717, 1.165) is 17.5 Å². The molecule has 2 aromatic rings. The van der Waals surface area contributed by atoms with E-state index in [0.29, 0.717) is 33.2 Å². The van der Waals surface area contributed by atoms with Gasteiger partial charge in [-0.05, 0) is 23.1 Å². The molecule has 0 aromatic heterocycles. The summed E-state index contributed by atoms with van der Waals surface area (Å²) in [4.78, 5) is 11.8. The van der Waals surface area contributed by atoms with Gasteiger partial charge < -0.3 is 5.73 Å². The predicted molar refractivity (Wildman–Crippen MR) is 112 cm³/mol. The monoisotopic (exact) mass is 373 g/mol. The molecule has 2 aromatic carbocycles. The number of anilines is 1. The van der Waals surface area contributed by atoms with Crippen LogP contribution in [-0.2, 0) is 6.42 Å². The molecule has 0 fully saturated rings. The van der Waals surface area contributed by atoms with Gasteiger partial charge in [-0.15, -0.1) is 19.1 Å². The van der Waals surface area contributed by atoms with Crippen LogP contribution in [0, 0.1) is 34.8 Å². The highest BCUT2D eigenvalue weighted by molar-refractivity contribution is 7.80. The number of rotatable bonds is 4. The summed E-state index contributed by atoms with van der Waals surface area (Å²) in [5, 5.41) is 11.8. The quantitative estimate of drug-likeness (QED) is 0.262. The summed E-state index contributed by atoms with van der Waals surface area (Å²) in [5.41, 5.74) is 10.3. The second kappa shape index (κ2) is 7.73. The number of terminal acetylenes is 1. The van der Waals surface area contributed by atoms with Gasteiger partial charge in [-0.3, -0.25) is 10.1 Å². The van der Waals surface area contributed by atoms with Crippen LogP contribution >= 0.6 is 12.6 Å². The molecule has 1 aliphatic carbocycles. The zero-order valence-corrected chi connectivity index (χ0v) is 15.6. The summed E-state index contributed by atoms with van der Waals surface area (Å²) in [7, 11) is 0. The number of benzene rings is 2. The third kappa shape index (κ3) is 3.49. The number of nitro groups is 1. The van der Waals surface area contributed by atoms with Crippen molar-refractivity contribution in [2.45, 2.75) is 18.2 Å². The van der Waals surface area contributed by atoms with Crippen molar-refractivity contribution in [2.75, 3.05) is 5.73 Å². The van der Waals surface area contributed by atoms with E-state index in [1.807, 2.05) is 31.2 Å². The Kier molecular flexibility index (Phi) is 5.38. The van der Waals surface area contributed by atoms with Crippen LogP contribution in [0.3, 0.4) is 0 Å². The van der Waals surface area contributed by atoms with Crippen LogP contribution in [0.4, 0.5) is 11.4 Å². The maximum absolute atomic E-state index is 11.8. The van der Waals surface area contributed by atoms with Crippen LogP contribution in [0.5, 0.6) is 0 Å². The molecule has 0 saturated heterocycles. The number of nitrogen functional groups attached to an aromatic ring is 1. The molecule has 0 spiro atoms. The Labute approximate surface area is 164 Å². The predicted octanol–water partition coefficient (Wildman–Crippen LogP) is 4.94. The molecule has 5 heteroatoms. The molecule has 0 bridgehead atoms. The molecule has 0 heterocycles. The molecule has 0 amide bonds. The summed E-state index contributed by atoms with van der Waals surface area (Å²) in [5.74, 6) is 3.08. The first-order valence-corrected chi connectivity index (χ1v) is 8.79. The van der Waals surface area contributed by atoms with Crippen molar-refractivity contribution in [2.24, 2.45) is 0 Å². The molecule has 0 aliphatic heterocycles. The van der Waals surface area contributed by atoms with Gasteiger partial charge in [0, 0.05) is 22.9 Å². The lowest BCUT2D eigenvalue weighted by atomic mass is 9.85. The fourth-order valence-electron chi connectivity index (χ4n) is 3.13. The highest BCUT2D eigenvalue weighted by Gasteiger charge is 2.27. The van der Waals surface area contributed by atoms with E-state index in [2.05, 4.69) is 25.0 Å². The number of nitrogens with two attached hydrogens (primary N) is 1. The van der Waals surface area contributed by atoms with Crippen LogP contribution in [0.2, 0.25) is 0 Å². The number of nitro benzene ring substituents is 1. The summed E-state index contributed by atoms with van der Waals surface area (Å²) in [6.45, 7) is 2.03. The lowest BCUT2D eigenvalue weighted by molar-refractivity contribution is -0.385. The first-order valence-electron chi connectivity index (χ1n) is 8.34. The van der Waals surface area contributed by atoms with Gasteiger partial charge >= 0.3 is 0 Å². The minimum atomic E-state index is -0.415. The number of aryl methyl sites for hydroxylation is 1. The topological polar surface area (TPSA) is 69.2 Å². The lowest BCUT2D eigenvalue weighted by Crippen LogP contribution is -2.05. The summed E-state index contributed by atoms with van der Waals surface area (Å²) in [6.07, 6.45) is 14.3. The minimum absolute atomic E-state index is 0.0584. The smallest absolute Gasteiger partial charge is 0.279 e. The first-order chi connectivity index (χ1) is 13.0. The van der Waals surface area contributed by atoms with Gasteiger partial charge in [-0.25, -0.2) is 0 Å². The maximum Gasteiger partial charge on any atom is 0.279 e. The third-order valence-corrected chi connectivity index (χ3v) is 4.82. The SMILES string of the molecule is C#C[C]1[C]C=C(c2c([N+](=O)[O-])cc(S)c(N)c2-c2ccccc2CC)C=C1. The largest absolute Gasteiger partial charge is 0.397 e. The zero-order chi connectivity index (χ0) is 19.6. The van der Waals surface area contributed by atoms with E-state index >= 15 is 0 Å². The number of allylic oxidation sites excluding steroid dienone is 4. The van der Waals surface area contributed by atoms with Crippen molar-refractivity contribution in [1.82, 2.24) is 0 Å².